The maximum absolute atomic E-state index is 13.7. The lowest BCUT2D eigenvalue weighted by Crippen LogP contribution is -2.53. The Morgan fingerprint density at radius 3 is 2.50 bits per heavy atom. The molecule has 3 aliphatic rings. The van der Waals surface area contributed by atoms with Crippen molar-refractivity contribution in [2.45, 2.75) is 63.7 Å². The molecular formula is C24H33N3O5. The molecule has 0 aliphatic carbocycles. The van der Waals surface area contributed by atoms with Crippen LogP contribution in [0.15, 0.2) is 18.2 Å². The Morgan fingerprint density at radius 2 is 1.88 bits per heavy atom. The highest BCUT2D eigenvalue weighted by molar-refractivity contribution is 6.04. The number of anilines is 1. The van der Waals surface area contributed by atoms with Gasteiger partial charge in [0.05, 0.1) is 17.4 Å². The number of benzene rings is 1. The van der Waals surface area contributed by atoms with E-state index in [1.54, 1.807) is 11.9 Å². The first-order valence-corrected chi connectivity index (χ1v) is 11.4. The zero-order chi connectivity index (χ0) is 23.3. The molecule has 1 spiro atoms. The summed E-state index contributed by atoms with van der Waals surface area (Å²) in [6, 6.07) is 4.98. The van der Waals surface area contributed by atoms with Crippen molar-refractivity contribution in [2.75, 3.05) is 25.5 Å². The number of para-hydroxylation sites is 1. The van der Waals surface area contributed by atoms with Gasteiger partial charge in [0.1, 0.15) is 11.6 Å². The topological polar surface area (TPSA) is 108 Å². The van der Waals surface area contributed by atoms with Crippen molar-refractivity contribution < 1.29 is 24.2 Å². The molecule has 3 aliphatic heterocycles. The zero-order valence-corrected chi connectivity index (χ0v) is 19.2. The number of carbonyl (C=O) groups excluding carboxylic acids is 3. The highest BCUT2D eigenvalue weighted by Gasteiger charge is 2.77. The second-order valence-electron chi connectivity index (χ2n) is 9.56. The number of nitrogens with one attached hydrogen (secondary N) is 2. The third-order valence-corrected chi connectivity index (χ3v) is 7.59. The average molecular weight is 444 g/mol. The minimum Gasteiger partial charge on any atom is -0.396 e. The number of likely N-dealkylation sites (tertiary alicyclic amines) is 1. The smallest absolute Gasteiger partial charge is 0.250 e. The summed E-state index contributed by atoms with van der Waals surface area (Å²) in [4.78, 5) is 41.8. The minimum atomic E-state index is -1.02. The molecule has 8 heteroatoms. The van der Waals surface area contributed by atoms with E-state index in [1.165, 1.54) is 0 Å². The van der Waals surface area contributed by atoms with Crippen LogP contribution >= 0.6 is 0 Å². The number of carbonyl (C=O) groups is 3. The Balaban J connectivity index is 1.73. The van der Waals surface area contributed by atoms with Crippen molar-refractivity contribution in [3.05, 3.63) is 29.3 Å². The van der Waals surface area contributed by atoms with E-state index in [9.17, 15) is 19.5 Å². The van der Waals surface area contributed by atoms with E-state index in [0.29, 0.717) is 32.2 Å². The summed E-state index contributed by atoms with van der Waals surface area (Å²) in [5.41, 5.74) is 0.824. The molecule has 32 heavy (non-hydrogen) atoms. The molecule has 1 aromatic carbocycles. The maximum Gasteiger partial charge on any atom is 0.250 e. The second kappa shape index (κ2) is 8.15. The number of hydrogen-bond acceptors (Lipinski definition) is 5. The molecule has 0 radical (unpaired) electrons. The van der Waals surface area contributed by atoms with Crippen LogP contribution in [-0.4, -0.2) is 65.2 Å². The average Bonchev–Trinajstić information content (AvgIpc) is 3.31. The highest BCUT2D eigenvalue weighted by Crippen LogP contribution is 2.63. The maximum atomic E-state index is 13.7. The predicted molar refractivity (Wildman–Crippen MR) is 119 cm³/mol. The molecule has 8 nitrogen and oxygen atoms in total. The third-order valence-electron chi connectivity index (χ3n) is 7.59. The van der Waals surface area contributed by atoms with Gasteiger partial charge in [-0.05, 0) is 57.6 Å². The fraction of sp³-hybridized carbons (Fsp3) is 0.625. The number of aryl methyl sites for hydroxylation is 2. The van der Waals surface area contributed by atoms with Crippen LogP contribution in [0.4, 0.5) is 5.69 Å². The molecule has 2 unspecified atom stereocenters. The Bertz CT molecular complexity index is 929. The van der Waals surface area contributed by atoms with Crippen LogP contribution in [0, 0.1) is 25.7 Å². The molecule has 174 valence electrons. The Morgan fingerprint density at radius 1 is 1.19 bits per heavy atom. The van der Waals surface area contributed by atoms with Crippen molar-refractivity contribution in [2.24, 2.45) is 11.8 Å². The van der Waals surface area contributed by atoms with Crippen LogP contribution in [0.5, 0.6) is 0 Å². The summed E-state index contributed by atoms with van der Waals surface area (Å²) in [5, 5.41) is 15.0. The summed E-state index contributed by atoms with van der Waals surface area (Å²) in [6.07, 6.45) is 2.27. The van der Waals surface area contributed by atoms with E-state index in [0.717, 1.165) is 16.8 Å². The highest BCUT2D eigenvalue weighted by atomic mass is 16.5. The summed E-state index contributed by atoms with van der Waals surface area (Å²) in [7, 11) is 1.56. The first-order chi connectivity index (χ1) is 15.2. The fourth-order valence-corrected chi connectivity index (χ4v) is 6.12. The largest absolute Gasteiger partial charge is 0.396 e. The van der Waals surface area contributed by atoms with Gasteiger partial charge in [-0.15, -0.1) is 0 Å². The fourth-order valence-electron chi connectivity index (χ4n) is 6.12. The number of ether oxygens (including phenoxy) is 1. The monoisotopic (exact) mass is 443 g/mol. The molecule has 3 N–H and O–H groups in total. The lowest BCUT2D eigenvalue weighted by molar-refractivity contribution is -0.144. The molecule has 2 bridgehead atoms. The van der Waals surface area contributed by atoms with Gasteiger partial charge in [0.15, 0.2) is 0 Å². The molecule has 3 saturated heterocycles. The van der Waals surface area contributed by atoms with E-state index >= 15 is 0 Å². The van der Waals surface area contributed by atoms with Crippen molar-refractivity contribution in [1.29, 1.82) is 0 Å². The van der Waals surface area contributed by atoms with E-state index in [4.69, 9.17) is 4.74 Å². The summed E-state index contributed by atoms with van der Waals surface area (Å²) < 4.78 is 6.51. The molecule has 1 aromatic rings. The van der Waals surface area contributed by atoms with Crippen molar-refractivity contribution in [3.63, 3.8) is 0 Å². The van der Waals surface area contributed by atoms with E-state index in [-0.39, 0.29) is 24.3 Å². The minimum absolute atomic E-state index is 0.0192. The lowest BCUT2D eigenvalue weighted by Gasteiger charge is -2.33. The Hall–Kier alpha value is -2.45. The van der Waals surface area contributed by atoms with Gasteiger partial charge in [0, 0.05) is 25.9 Å². The third kappa shape index (κ3) is 3.23. The number of aliphatic hydroxyl groups excluding tert-OH is 1. The molecule has 0 saturated carbocycles. The number of amides is 3. The van der Waals surface area contributed by atoms with Crippen LogP contribution in [0.1, 0.15) is 43.7 Å². The first kappa shape index (κ1) is 22.7. The van der Waals surface area contributed by atoms with Gasteiger partial charge < -0.3 is 25.4 Å². The first-order valence-electron chi connectivity index (χ1n) is 11.4. The van der Waals surface area contributed by atoms with Crippen LogP contribution < -0.4 is 10.6 Å². The lowest BCUT2D eigenvalue weighted by atomic mass is 9.66. The zero-order valence-electron chi connectivity index (χ0n) is 19.2. The van der Waals surface area contributed by atoms with Crippen molar-refractivity contribution in [3.8, 4) is 0 Å². The molecule has 3 heterocycles. The quantitative estimate of drug-likeness (QED) is 0.554. The van der Waals surface area contributed by atoms with Gasteiger partial charge >= 0.3 is 0 Å². The SMILES string of the molecule is CNC(=O)[C@@H]1[C@H]2C(=O)N(CCCCO)C(C(=O)Nc3c(C)cccc3C)C23CC[C@@]1(C)O3. The van der Waals surface area contributed by atoms with Crippen LogP contribution in [-0.2, 0) is 19.1 Å². The number of nitrogens with zero attached hydrogens (tertiary/aromatic N) is 1. The molecular weight excluding hydrogens is 410 g/mol. The standard InChI is InChI=1S/C24H33N3O5/c1-14-8-7-9-15(2)18(14)26-21(30)19-24-11-10-23(3,32-24)16(20(29)25-4)17(24)22(31)27(19)12-5-6-13-28/h7-9,16-17,19,28H,5-6,10-13H2,1-4H3,(H,25,29)(H,26,30)/t16-,17-,19?,23+,24?/m0/s1. The van der Waals surface area contributed by atoms with Crippen LogP contribution in [0.2, 0.25) is 0 Å². The van der Waals surface area contributed by atoms with Gasteiger partial charge in [0.2, 0.25) is 17.7 Å². The molecule has 3 fully saturated rings. The number of aliphatic hydroxyl groups is 1. The van der Waals surface area contributed by atoms with Crippen LogP contribution in [0.3, 0.4) is 0 Å². The van der Waals surface area contributed by atoms with Gasteiger partial charge in [0.25, 0.3) is 0 Å². The number of fused-ring (bicyclic) bond motifs is 1. The van der Waals surface area contributed by atoms with Gasteiger partial charge in [-0.3, -0.25) is 14.4 Å². The van der Waals surface area contributed by atoms with E-state index in [1.807, 2.05) is 39.0 Å². The van der Waals surface area contributed by atoms with E-state index < -0.39 is 29.1 Å². The number of unbranched alkanes of at least 4 members (excludes halogenated alkanes) is 1. The molecule has 5 atom stereocenters. The van der Waals surface area contributed by atoms with Gasteiger partial charge in [-0.2, -0.15) is 0 Å². The van der Waals surface area contributed by atoms with Crippen LogP contribution in [0.25, 0.3) is 0 Å². The van der Waals surface area contributed by atoms with Gasteiger partial charge in [-0.25, -0.2) is 0 Å². The van der Waals surface area contributed by atoms with Crippen molar-refractivity contribution in [1.82, 2.24) is 10.2 Å². The van der Waals surface area contributed by atoms with Crippen molar-refractivity contribution >= 4 is 23.4 Å². The summed E-state index contributed by atoms with van der Waals surface area (Å²) in [6.45, 7) is 6.10. The van der Waals surface area contributed by atoms with Gasteiger partial charge in [-0.1, -0.05) is 18.2 Å². The molecule has 0 aromatic heterocycles. The normalized spacial score (nSPS) is 32.8. The Labute approximate surface area is 188 Å². The number of rotatable bonds is 7. The van der Waals surface area contributed by atoms with E-state index in [2.05, 4.69) is 10.6 Å². The second-order valence-corrected chi connectivity index (χ2v) is 9.56. The number of hydrogen-bond donors (Lipinski definition) is 3. The summed E-state index contributed by atoms with van der Waals surface area (Å²) >= 11 is 0. The molecule has 4 rings (SSSR count). The summed E-state index contributed by atoms with van der Waals surface area (Å²) in [5.74, 6) is -2.04. The molecule has 3 amide bonds. The Kier molecular flexibility index (Phi) is 5.79. The predicted octanol–water partition coefficient (Wildman–Crippen LogP) is 1.53.